The van der Waals surface area contributed by atoms with Crippen molar-refractivity contribution in [3.63, 3.8) is 0 Å². The quantitative estimate of drug-likeness (QED) is 0.608. The maximum atomic E-state index is 12.0. The van der Waals surface area contributed by atoms with E-state index in [1.165, 1.54) is 4.90 Å². The Hall–Kier alpha value is -2.12. The van der Waals surface area contributed by atoms with Crippen LogP contribution in [0.5, 0.6) is 0 Å². The van der Waals surface area contributed by atoms with E-state index in [0.717, 1.165) is 5.56 Å². The SMILES string of the molecule is Cc1ccc(N2C(=O)CC(C)C2=O)c(C#CCO)c1. The van der Waals surface area contributed by atoms with E-state index in [9.17, 15) is 9.59 Å². The lowest BCUT2D eigenvalue weighted by Gasteiger charge is -2.16. The molecule has 0 spiro atoms. The van der Waals surface area contributed by atoms with Crippen LogP contribution < -0.4 is 4.90 Å². The van der Waals surface area contributed by atoms with Crippen LogP contribution in [0.15, 0.2) is 18.2 Å². The smallest absolute Gasteiger partial charge is 0.237 e. The Morgan fingerprint density at radius 3 is 2.74 bits per heavy atom. The molecule has 4 heteroatoms. The number of aryl methyl sites for hydroxylation is 1. The zero-order valence-corrected chi connectivity index (χ0v) is 10.9. The molecule has 1 saturated heterocycles. The highest BCUT2D eigenvalue weighted by atomic mass is 16.2. The van der Waals surface area contributed by atoms with Crippen LogP contribution in [0.3, 0.4) is 0 Å². The highest BCUT2D eigenvalue weighted by Crippen LogP contribution is 2.29. The Morgan fingerprint density at radius 2 is 2.16 bits per heavy atom. The Balaban J connectivity index is 2.50. The predicted molar refractivity (Wildman–Crippen MR) is 71.4 cm³/mol. The summed E-state index contributed by atoms with van der Waals surface area (Å²) >= 11 is 0. The van der Waals surface area contributed by atoms with Gasteiger partial charge in [-0.05, 0) is 24.6 Å². The number of hydrogen-bond donors (Lipinski definition) is 1. The van der Waals surface area contributed by atoms with Crippen molar-refractivity contribution >= 4 is 17.5 Å². The number of carbonyl (C=O) groups excluding carboxylic acids is 2. The third kappa shape index (κ3) is 2.51. The van der Waals surface area contributed by atoms with Gasteiger partial charge in [0.05, 0.1) is 5.69 Å². The van der Waals surface area contributed by atoms with Gasteiger partial charge in [-0.15, -0.1) is 0 Å². The normalized spacial score (nSPS) is 18.5. The first-order valence-corrected chi connectivity index (χ1v) is 6.11. The second-order valence-electron chi connectivity index (χ2n) is 4.65. The maximum absolute atomic E-state index is 12.0. The summed E-state index contributed by atoms with van der Waals surface area (Å²) in [6.45, 7) is 3.39. The van der Waals surface area contributed by atoms with Gasteiger partial charge in [0, 0.05) is 17.9 Å². The second-order valence-corrected chi connectivity index (χ2v) is 4.65. The van der Waals surface area contributed by atoms with Crippen LogP contribution in [-0.2, 0) is 9.59 Å². The number of nitrogens with zero attached hydrogens (tertiary/aromatic N) is 1. The summed E-state index contributed by atoms with van der Waals surface area (Å²) in [7, 11) is 0. The molecule has 1 fully saturated rings. The number of hydrogen-bond acceptors (Lipinski definition) is 3. The van der Waals surface area contributed by atoms with Gasteiger partial charge >= 0.3 is 0 Å². The number of carbonyl (C=O) groups is 2. The topological polar surface area (TPSA) is 57.6 Å². The molecule has 4 nitrogen and oxygen atoms in total. The van der Waals surface area contributed by atoms with Crippen molar-refractivity contribution in [2.45, 2.75) is 20.3 Å². The zero-order valence-electron chi connectivity index (χ0n) is 10.9. The molecule has 1 heterocycles. The average molecular weight is 257 g/mol. The molecule has 0 bridgehead atoms. The van der Waals surface area contributed by atoms with E-state index < -0.39 is 0 Å². The number of benzene rings is 1. The van der Waals surface area contributed by atoms with Crippen molar-refractivity contribution < 1.29 is 14.7 Å². The van der Waals surface area contributed by atoms with E-state index >= 15 is 0 Å². The lowest BCUT2D eigenvalue weighted by atomic mass is 10.1. The van der Waals surface area contributed by atoms with Gasteiger partial charge in [0.15, 0.2) is 0 Å². The average Bonchev–Trinajstić information content (AvgIpc) is 2.62. The molecule has 0 radical (unpaired) electrons. The molecule has 0 aliphatic carbocycles. The molecular formula is C15H15NO3. The molecule has 0 aromatic heterocycles. The number of aliphatic hydroxyl groups excluding tert-OH is 1. The van der Waals surface area contributed by atoms with Crippen LogP contribution in [0.2, 0.25) is 0 Å². The molecule has 2 rings (SSSR count). The van der Waals surface area contributed by atoms with Crippen molar-refractivity contribution in [3.05, 3.63) is 29.3 Å². The maximum Gasteiger partial charge on any atom is 0.237 e. The summed E-state index contributed by atoms with van der Waals surface area (Å²) < 4.78 is 0. The van der Waals surface area contributed by atoms with Crippen LogP contribution in [-0.4, -0.2) is 23.5 Å². The number of anilines is 1. The zero-order chi connectivity index (χ0) is 14.0. The molecule has 1 aromatic rings. The van der Waals surface area contributed by atoms with Crippen LogP contribution in [0, 0.1) is 24.7 Å². The van der Waals surface area contributed by atoms with Crippen molar-refractivity contribution in [3.8, 4) is 11.8 Å². The van der Waals surface area contributed by atoms with Gasteiger partial charge in [-0.1, -0.05) is 24.8 Å². The fourth-order valence-corrected chi connectivity index (χ4v) is 2.12. The summed E-state index contributed by atoms with van der Waals surface area (Å²) in [4.78, 5) is 25.1. The third-order valence-corrected chi connectivity index (χ3v) is 3.07. The van der Waals surface area contributed by atoms with E-state index in [1.54, 1.807) is 13.0 Å². The number of rotatable bonds is 1. The highest BCUT2D eigenvalue weighted by molar-refractivity contribution is 6.21. The molecule has 1 unspecified atom stereocenters. The first-order chi connectivity index (χ1) is 9.04. The fraction of sp³-hybridized carbons (Fsp3) is 0.333. The Kier molecular flexibility index (Phi) is 3.68. The van der Waals surface area contributed by atoms with Crippen molar-refractivity contribution in [2.24, 2.45) is 5.92 Å². The van der Waals surface area contributed by atoms with Crippen LogP contribution in [0.25, 0.3) is 0 Å². The van der Waals surface area contributed by atoms with Gasteiger partial charge in [-0.2, -0.15) is 0 Å². The summed E-state index contributed by atoms with van der Waals surface area (Å²) in [5.41, 5.74) is 2.08. The van der Waals surface area contributed by atoms with Gasteiger partial charge in [0.2, 0.25) is 11.8 Å². The minimum atomic E-state index is -0.285. The van der Waals surface area contributed by atoms with Gasteiger partial charge in [-0.3, -0.25) is 9.59 Å². The summed E-state index contributed by atoms with van der Waals surface area (Å²) in [5, 5.41) is 8.78. The number of aliphatic hydroxyl groups is 1. The standard InChI is InChI=1S/C15H15NO3/c1-10-5-6-13(12(8-10)4-3-7-17)16-14(18)9-11(2)15(16)19/h5-6,8,11,17H,7,9H2,1-2H3. The van der Waals surface area contributed by atoms with Gasteiger partial charge < -0.3 is 5.11 Å². The molecule has 19 heavy (non-hydrogen) atoms. The lowest BCUT2D eigenvalue weighted by Crippen LogP contribution is -2.30. The Labute approximate surface area is 112 Å². The first-order valence-electron chi connectivity index (χ1n) is 6.11. The van der Waals surface area contributed by atoms with Gasteiger partial charge in [-0.25, -0.2) is 4.90 Å². The molecule has 98 valence electrons. The monoisotopic (exact) mass is 257 g/mol. The first kappa shape index (κ1) is 13.3. The Bertz CT molecular complexity index is 595. The fourth-order valence-electron chi connectivity index (χ4n) is 2.12. The van der Waals surface area contributed by atoms with Crippen LogP contribution in [0.4, 0.5) is 5.69 Å². The van der Waals surface area contributed by atoms with E-state index in [1.807, 2.05) is 19.1 Å². The molecule has 1 atom stereocenters. The van der Waals surface area contributed by atoms with E-state index in [4.69, 9.17) is 5.11 Å². The van der Waals surface area contributed by atoms with Gasteiger partial charge in [0.25, 0.3) is 0 Å². The van der Waals surface area contributed by atoms with E-state index in [2.05, 4.69) is 11.8 Å². The summed E-state index contributed by atoms with van der Waals surface area (Å²) in [5.74, 6) is 4.66. The lowest BCUT2D eigenvalue weighted by molar-refractivity contribution is -0.122. The Morgan fingerprint density at radius 1 is 1.42 bits per heavy atom. The molecule has 1 N–H and O–H groups in total. The number of amides is 2. The van der Waals surface area contributed by atoms with Crippen molar-refractivity contribution in [1.29, 1.82) is 0 Å². The van der Waals surface area contributed by atoms with Crippen molar-refractivity contribution in [2.75, 3.05) is 11.5 Å². The largest absolute Gasteiger partial charge is 0.384 e. The van der Waals surface area contributed by atoms with Crippen LogP contribution in [0.1, 0.15) is 24.5 Å². The van der Waals surface area contributed by atoms with E-state index in [0.29, 0.717) is 11.3 Å². The van der Waals surface area contributed by atoms with Crippen molar-refractivity contribution in [1.82, 2.24) is 0 Å². The molecular weight excluding hydrogens is 242 g/mol. The van der Waals surface area contributed by atoms with Crippen LogP contribution >= 0.6 is 0 Å². The molecule has 1 aliphatic rings. The highest BCUT2D eigenvalue weighted by Gasteiger charge is 2.37. The second kappa shape index (κ2) is 5.25. The van der Waals surface area contributed by atoms with Gasteiger partial charge in [0.1, 0.15) is 6.61 Å². The molecule has 1 aromatic carbocycles. The van der Waals surface area contributed by atoms with E-state index in [-0.39, 0.29) is 30.8 Å². The predicted octanol–water partition coefficient (Wildman–Crippen LogP) is 1.24. The summed E-state index contributed by atoms with van der Waals surface area (Å²) in [6, 6.07) is 5.37. The molecule has 2 amide bonds. The minimum Gasteiger partial charge on any atom is -0.384 e. The number of imide groups is 1. The third-order valence-electron chi connectivity index (χ3n) is 3.07. The molecule has 1 aliphatic heterocycles. The minimum absolute atomic E-state index is 0.194. The summed E-state index contributed by atoms with van der Waals surface area (Å²) in [6.07, 6.45) is 0.236. The molecule has 0 saturated carbocycles.